The molecular formula is C18H23N5O3. The molecule has 26 heavy (non-hydrogen) atoms. The highest BCUT2D eigenvalue weighted by atomic mass is 16.5. The lowest BCUT2D eigenvalue weighted by Gasteiger charge is -2.18. The summed E-state index contributed by atoms with van der Waals surface area (Å²) in [5.41, 5.74) is 1.95. The molecule has 0 radical (unpaired) electrons. The van der Waals surface area contributed by atoms with Crippen LogP contribution in [-0.4, -0.2) is 60.3 Å². The van der Waals surface area contributed by atoms with Crippen LogP contribution in [0.15, 0.2) is 30.6 Å². The number of hydrogen-bond acceptors (Lipinski definition) is 5. The number of carbonyl (C=O) groups excluding carboxylic acids is 2. The first-order valence-electron chi connectivity index (χ1n) is 8.37. The summed E-state index contributed by atoms with van der Waals surface area (Å²) in [6, 6.07) is 4.79. The van der Waals surface area contributed by atoms with Crippen molar-refractivity contribution < 1.29 is 14.3 Å². The van der Waals surface area contributed by atoms with Gasteiger partial charge in [0.1, 0.15) is 11.8 Å². The average Bonchev–Trinajstić information content (AvgIpc) is 3.20. The third kappa shape index (κ3) is 3.35. The molecular weight excluding hydrogens is 334 g/mol. The Morgan fingerprint density at radius 1 is 1.38 bits per heavy atom. The highest BCUT2D eigenvalue weighted by Crippen LogP contribution is 2.29. The second kappa shape index (κ2) is 7.07. The zero-order valence-electron chi connectivity index (χ0n) is 15.4. The van der Waals surface area contributed by atoms with Gasteiger partial charge in [-0.05, 0) is 24.6 Å². The van der Waals surface area contributed by atoms with Gasteiger partial charge in [0, 0.05) is 39.4 Å². The van der Waals surface area contributed by atoms with Crippen LogP contribution < -0.4 is 15.0 Å². The number of aromatic nitrogens is 2. The van der Waals surface area contributed by atoms with Crippen molar-refractivity contribution in [2.45, 2.75) is 12.5 Å². The second-order valence-electron chi connectivity index (χ2n) is 6.46. The van der Waals surface area contributed by atoms with Crippen LogP contribution in [0, 0.1) is 0 Å². The van der Waals surface area contributed by atoms with Crippen LogP contribution in [0.25, 0.3) is 0 Å². The highest BCUT2D eigenvalue weighted by Gasteiger charge is 2.33. The summed E-state index contributed by atoms with van der Waals surface area (Å²) < 4.78 is 7.04. The van der Waals surface area contributed by atoms with Gasteiger partial charge in [-0.15, -0.1) is 0 Å². The van der Waals surface area contributed by atoms with E-state index < -0.39 is 0 Å². The Morgan fingerprint density at radius 2 is 2.15 bits per heavy atom. The molecule has 3 rings (SSSR count). The van der Waals surface area contributed by atoms with E-state index in [0.717, 1.165) is 5.69 Å². The maximum absolute atomic E-state index is 12.8. The maximum atomic E-state index is 12.8. The van der Waals surface area contributed by atoms with Gasteiger partial charge in [0.15, 0.2) is 0 Å². The smallest absolute Gasteiger partial charge is 0.253 e. The summed E-state index contributed by atoms with van der Waals surface area (Å²) >= 11 is 0. The van der Waals surface area contributed by atoms with Crippen LogP contribution in [0.5, 0.6) is 5.75 Å². The van der Waals surface area contributed by atoms with E-state index in [1.807, 2.05) is 13.2 Å². The van der Waals surface area contributed by atoms with Gasteiger partial charge in [-0.1, -0.05) is 0 Å². The van der Waals surface area contributed by atoms with E-state index in [1.165, 1.54) is 4.90 Å². The predicted octanol–water partition coefficient (Wildman–Crippen LogP) is 1.35. The maximum Gasteiger partial charge on any atom is 0.253 e. The van der Waals surface area contributed by atoms with E-state index >= 15 is 0 Å². The molecule has 2 aromatic rings. The second-order valence-corrected chi connectivity index (χ2v) is 6.46. The van der Waals surface area contributed by atoms with Crippen molar-refractivity contribution in [1.29, 1.82) is 0 Å². The third-order valence-electron chi connectivity index (χ3n) is 4.39. The fourth-order valence-corrected chi connectivity index (χ4v) is 3.02. The van der Waals surface area contributed by atoms with Crippen LogP contribution in [0.1, 0.15) is 16.8 Å². The Bertz CT molecular complexity index is 830. The quantitative estimate of drug-likeness (QED) is 0.874. The van der Waals surface area contributed by atoms with Gasteiger partial charge in [-0.2, -0.15) is 5.10 Å². The number of ether oxygens (including phenoxy) is 1. The fraction of sp³-hybridized carbons (Fsp3) is 0.389. The SMILES string of the molecule is COc1ccc(C(=O)N(C)C)cc1NC1CCN(c2cnn(C)c2)C1=O. The number of hydrogen-bond donors (Lipinski definition) is 1. The van der Waals surface area contributed by atoms with E-state index in [4.69, 9.17) is 4.74 Å². The molecule has 138 valence electrons. The number of rotatable bonds is 5. The van der Waals surface area contributed by atoms with Crippen molar-refractivity contribution >= 4 is 23.2 Å². The molecule has 1 unspecified atom stereocenters. The lowest BCUT2D eigenvalue weighted by molar-refractivity contribution is -0.117. The monoisotopic (exact) mass is 357 g/mol. The number of amides is 2. The summed E-state index contributed by atoms with van der Waals surface area (Å²) in [5.74, 6) is 0.461. The minimum atomic E-state index is -0.381. The van der Waals surface area contributed by atoms with E-state index in [9.17, 15) is 9.59 Å². The molecule has 2 heterocycles. The summed E-state index contributed by atoms with van der Waals surface area (Å²) in [6.07, 6.45) is 4.15. The van der Waals surface area contributed by atoms with Crippen molar-refractivity contribution in [3.05, 3.63) is 36.2 Å². The number of benzene rings is 1. The molecule has 1 fully saturated rings. The number of nitrogens with zero attached hydrogens (tertiary/aromatic N) is 4. The summed E-state index contributed by atoms with van der Waals surface area (Å²) in [6.45, 7) is 0.612. The van der Waals surface area contributed by atoms with Gasteiger partial charge in [0.25, 0.3) is 5.91 Å². The minimum absolute atomic E-state index is 0.0237. The average molecular weight is 357 g/mol. The van der Waals surface area contributed by atoms with Gasteiger partial charge in [-0.3, -0.25) is 14.3 Å². The molecule has 1 aromatic carbocycles. The molecule has 1 saturated heterocycles. The fourth-order valence-electron chi connectivity index (χ4n) is 3.02. The van der Waals surface area contributed by atoms with E-state index in [1.54, 1.807) is 55.2 Å². The Kier molecular flexibility index (Phi) is 4.83. The molecule has 8 nitrogen and oxygen atoms in total. The number of nitrogens with one attached hydrogen (secondary N) is 1. The van der Waals surface area contributed by atoms with E-state index in [0.29, 0.717) is 30.0 Å². The van der Waals surface area contributed by atoms with Crippen LogP contribution in [0.4, 0.5) is 11.4 Å². The molecule has 2 amide bonds. The van der Waals surface area contributed by atoms with Gasteiger partial charge in [0.05, 0.1) is 24.7 Å². The molecule has 1 aromatic heterocycles. The number of methoxy groups -OCH3 is 1. The number of carbonyl (C=O) groups is 2. The van der Waals surface area contributed by atoms with Crippen molar-refractivity contribution in [3.63, 3.8) is 0 Å². The molecule has 1 aliphatic heterocycles. The lowest BCUT2D eigenvalue weighted by Crippen LogP contribution is -2.33. The number of anilines is 2. The Balaban J connectivity index is 1.81. The van der Waals surface area contributed by atoms with Gasteiger partial charge in [-0.25, -0.2) is 0 Å². The Morgan fingerprint density at radius 3 is 2.77 bits per heavy atom. The molecule has 1 aliphatic rings. The highest BCUT2D eigenvalue weighted by molar-refractivity contribution is 6.01. The van der Waals surface area contributed by atoms with Crippen LogP contribution in [0.3, 0.4) is 0 Å². The molecule has 0 bridgehead atoms. The normalized spacial score (nSPS) is 16.7. The standard InChI is InChI=1S/C18H23N5O3/c1-21(2)17(24)12-5-6-16(26-4)15(9-12)20-14-7-8-23(18(14)25)13-10-19-22(3)11-13/h5-6,9-11,14,20H,7-8H2,1-4H3. The molecule has 0 saturated carbocycles. The topological polar surface area (TPSA) is 79.7 Å². The summed E-state index contributed by atoms with van der Waals surface area (Å²) in [7, 11) is 6.78. The molecule has 8 heteroatoms. The van der Waals surface area contributed by atoms with E-state index in [-0.39, 0.29) is 17.9 Å². The summed E-state index contributed by atoms with van der Waals surface area (Å²) in [4.78, 5) is 28.2. The molecule has 0 spiro atoms. The van der Waals surface area contributed by atoms with Gasteiger partial charge < -0.3 is 19.9 Å². The number of aryl methyl sites for hydroxylation is 1. The Labute approximate surface area is 152 Å². The first-order valence-corrected chi connectivity index (χ1v) is 8.37. The largest absolute Gasteiger partial charge is 0.495 e. The first-order chi connectivity index (χ1) is 12.4. The van der Waals surface area contributed by atoms with Crippen LogP contribution >= 0.6 is 0 Å². The Hall–Kier alpha value is -3.03. The van der Waals surface area contributed by atoms with Crippen molar-refractivity contribution in [3.8, 4) is 5.75 Å². The zero-order valence-corrected chi connectivity index (χ0v) is 15.4. The predicted molar refractivity (Wildman–Crippen MR) is 98.6 cm³/mol. The summed E-state index contributed by atoms with van der Waals surface area (Å²) in [5, 5.41) is 7.36. The molecule has 1 N–H and O–H groups in total. The lowest BCUT2D eigenvalue weighted by atomic mass is 10.1. The molecule has 1 atom stereocenters. The zero-order chi connectivity index (χ0) is 18.8. The van der Waals surface area contributed by atoms with Crippen LogP contribution in [-0.2, 0) is 11.8 Å². The van der Waals surface area contributed by atoms with E-state index in [2.05, 4.69) is 10.4 Å². The van der Waals surface area contributed by atoms with Crippen molar-refractivity contribution in [2.75, 3.05) is 38.0 Å². The van der Waals surface area contributed by atoms with Crippen LogP contribution in [0.2, 0.25) is 0 Å². The van der Waals surface area contributed by atoms with Crippen molar-refractivity contribution in [1.82, 2.24) is 14.7 Å². The van der Waals surface area contributed by atoms with Crippen molar-refractivity contribution in [2.24, 2.45) is 7.05 Å². The third-order valence-corrected chi connectivity index (χ3v) is 4.39. The van der Waals surface area contributed by atoms with Gasteiger partial charge >= 0.3 is 0 Å². The molecule has 0 aliphatic carbocycles. The first kappa shape index (κ1) is 17.8. The van der Waals surface area contributed by atoms with Gasteiger partial charge in [0.2, 0.25) is 5.91 Å². The minimum Gasteiger partial charge on any atom is -0.495 e.